The highest BCUT2D eigenvalue weighted by Crippen LogP contribution is 2.12. The molecule has 0 amide bonds. The Morgan fingerprint density at radius 3 is 2.54 bits per heavy atom. The number of benzene rings is 1. The molecule has 0 heterocycles. The van der Waals surface area contributed by atoms with E-state index in [2.05, 4.69) is 52.8 Å². The van der Waals surface area contributed by atoms with Gasteiger partial charge in [0.05, 0.1) is 0 Å². The molecule has 0 unspecified atom stereocenters. The zero-order valence-corrected chi connectivity index (χ0v) is 9.33. The van der Waals surface area contributed by atoms with Crippen molar-refractivity contribution in [2.75, 3.05) is 5.33 Å². The monoisotopic (exact) mass is 238 g/mol. The van der Waals surface area contributed by atoms with Gasteiger partial charge < -0.3 is 0 Å². The van der Waals surface area contributed by atoms with Gasteiger partial charge in [-0.2, -0.15) is 0 Å². The first-order valence-corrected chi connectivity index (χ1v) is 5.71. The molecule has 0 aliphatic rings. The quantitative estimate of drug-likeness (QED) is 0.541. The third-order valence-corrected chi connectivity index (χ3v) is 3.01. The molecule has 1 rings (SSSR count). The molecule has 0 saturated heterocycles. The van der Waals surface area contributed by atoms with Crippen LogP contribution in [-0.2, 0) is 6.42 Å². The molecular weight excluding hydrogens is 224 g/mol. The SMILES string of the molecule is C=C[C@@H](CBr)CCc1ccccc1. The molecular formula is C12H15Br. The Balaban J connectivity index is 2.38. The third kappa shape index (κ3) is 3.77. The van der Waals surface area contributed by atoms with Gasteiger partial charge in [-0.1, -0.05) is 52.3 Å². The molecule has 1 aromatic carbocycles. The van der Waals surface area contributed by atoms with E-state index < -0.39 is 0 Å². The molecule has 0 aliphatic carbocycles. The van der Waals surface area contributed by atoms with Crippen LogP contribution >= 0.6 is 15.9 Å². The van der Waals surface area contributed by atoms with Crippen LogP contribution in [0.5, 0.6) is 0 Å². The molecule has 0 bridgehead atoms. The van der Waals surface area contributed by atoms with Crippen molar-refractivity contribution in [2.24, 2.45) is 5.92 Å². The first-order chi connectivity index (χ1) is 6.36. The topological polar surface area (TPSA) is 0 Å². The van der Waals surface area contributed by atoms with E-state index in [0.29, 0.717) is 5.92 Å². The van der Waals surface area contributed by atoms with Gasteiger partial charge >= 0.3 is 0 Å². The minimum Gasteiger partial charge on any atom is -0.103 e. The smallest absolute Gasteiger partial charge is 0.00943 e. The summed E-state index contributed by atoms with van der Waals surface area (Å²) in [6.45, 7) is 3.81. The van der Waals surface area contributed by atoms with Crippen LogP contribution in [-0.4, -0.2) is 5.33 Å². The van der Waals surface area contributed by atoms with Crippen molar-refractivity contribution in [3.05, 3.63) is 48.6 Å². The Morgan fingerprint density at radius 2 is 2.00 bits per heavy atom. The zero-order chi connectivity index (χ0) is 9.52. The van der Waals surface area contributed by atoms with Gasteiger partial charge in [0.2, 0.25) is 0 Å². The van der Waals surface area contributed by atoms with Crippen LogP contribution in [0.2, 0.25) is 0 Å². The van der Waals surface area contributed by atoms with Crippen molar-refractivity contribution >= 4 is 15.9 Å². The van der Waals surface area contributed by atoms with Gasteiger partial charge in [0.25, 0.3) is 0 Å². The fourth-order valence-electron chi connectivity index (χ4n) is 1.25. The highest BCUT2D eigenvalue weighted by atomic mass is 79.9. The third-order valence-electron chi connectivity index (χ3n) is 2.18. The van der Waals surface area contributed by atoms with Gasteiger partial charge in [0, 0.05) is 5.33 Å². The van der Waals surface area contributed by atoms with E-state index in [9.17, 15) is 0 Å². The van der Waals surface area contributed by atoms with E-state index >= 15 is 0 Å². The Kier molecular flexibility index (Phi) is 4.84. The Hall–Kier alpha value is -0.560. The standard InChI is InChI=1S/C12H15Br/c1-2-11(10-13)8-9-12-6-4-3-5-7-12/h2-7,11H,1,8-10H2/t11-/m1/s1. The highest BCUT2D eigenvalue weighted by molar-refractivity contribution is 9.09. The summed E-state index contributed by atoms with van der Waals surface area (Å²) in [5, 5.41) is 1.02. The minimum atomic E-state index is 0.597. The maximum absolute atomic E-state index is 3.81. The number of hydrogen-bond acceptors (Lipinski definition) is 0. The lowest BCUT2D eigenvalue weighted by Crippen LogP contribution is -1.99. The number of rotatable bonds is 5. The lowest BCUT2D eigenvalue weighted by molar-refractivity contribution is 0.662. The molecule has 0 radical (unpaired) electrons. The van der Waals surface area contributed by atoms with Crippen LogP contribution in [0.1, 0.15) is 12.0 Å². The van der Waals surface area contributed by atoms with Gasteiger partial charge in [0.1, 0.15) is 0 Å². The predicted molar refractivity (Wildman–Crippen MR) is 62.2 cm³/mol. The van der Waals surface area contributed by atoms with Crippen molar-refractivity contribution < 1.29 is 0 Å². The number of aryl methyl sites for hydroxylation is 1. The van der Waals surface area contributed by atoms with Gasteiger partial charge in [-0.05, 0) is 24.3 Å². The second-order valence-corrected chi connectivity index (χ2v) is 3.82. The van der Waals surface area contributed by atoms with E-state index in [0.717, 1.165) is 11.8 Å². The van der Waals surface area contributed by atoms with Crippen molar-refractivity contribution in [1.29, 1.82) is 0 Å². The van der Waals surface area contributed by atoms with Crippen molar-refractivity contribution in [3.8, 4) is 0 Å². The van der Waals surface area contributed by atoms with Gasteiger partial charge in [-0.3, -0.25) is 0 Å². The van der Waals surface area contributed by atoms with E-state index in [4.69, 9.17) is 0 Å². The zero-order valence-electron chi connectivity index (χ0n) is 7.75. The summed E-state index contributed by atoms with van der Waals surface area (Å²) >= 11 is 3.48. The van der Waals surface area contributed by atoms with Crippen molar-refractivity contribution in [3.63, 3.8) is 0 Å². The Labute approximate surface area is 88.8 Å². The summed E-state index contributed by atoms with van der Waals surface area (Å²) in [5.74, 6) is 0.597. The molecule has 13 heavy (non-hydrogen) atoms. The fourth-order valence-corrected chi connectivity index (χ4v) is 1.84. The molecule has 0 aliphatic heterocycles. The summed E-state index contributed by atoms with van der Waals surface area (Å²) < 4.78 is 0. The molecule has 0 nitrogen and oxygen atoms in total. The second-order valence-electron chi connectivity index (χ2n) is 3.17. The van der Waals surface area contributed by atoms with E-state index in [1.54, 1.807) is 0 Å². The highest BCUT2D eigenvalue weighted by Gasteiger charge is 2.01. The van der Waals surface area contributed by atoms with Crippen molar-refractivity contribution in [1.82, 2.24) is 0 Å². The molecule has 0 saturated carbocycles. The van der Waals surface area contributed by atoms with Crippen LogP contribution in [0, 0.1) is 5.92 Å². The van der Waals surface area contributed by atoms with Crippen LogP contribution in [0.3, 0.4) is 0 Å². The van der Waals surface area contributed by atoms with E-state index in [1.165, 1.54) is 12.0 Å². The maximum Gasteiger partial charge on any atom is 0.00943 e. The maximum atomic E-state index is 3.81. The van der Waals surface area contributed by atoms with E-state index in [1.807, 2.05) is 6.08 Å². The van der Waals surface area contributed by atoms with Crippen LogP contribution in [0.4, 0.5) is 0 Å². The average molecular weight is 239 g/mol. The molecule has 0 N–H and O–H groups in total. The number of halogens is 1. The second kappa shape index (κ2) is 5.98. The summed E-state index contributed by atoms with van der Waals surface area (Å²) in [7, 11) is 0. The predicted octanol–water partition coefficient (Wildman–Crippen LogP) is 3.82. The molecule has 0 spiro atoms. The molecule has 1 aromatic rings. The largest absolute Gasteiger partial charge is 0.103 e. The first-order valence-electron chi connectivity index (χ1n) is 4.59. The first kappa shape index (κ1) is 10.5. The molecule has 0 aromatic heterocycles. The summed E-state index contributed by atoms with van der Waals surface area (Å²) in [6, 6.07) is 10.6. The van der Waals surface area contributed by atoms with Gasteiger partial charge in [-0.25, -0.2) is 0 Å². The average Bonchev–Trinajstić information content (AvgIpc) is 2.21. The Morgan fingerprint density at radius 1 is 1.31 bits per heavy atom. The Bertz CT molecular complexity index is 241. The van der Waals surface area contributed by atoms with E-state index in [-0.39, 0.29) is 0 Å². The molecule has 0 fully saturated rings. The molecule has 1 heteroatoms. The molecule has 70 valence electrons. The summed E-state index contributed by atoms with van der Waals surface area (Å²) in [4.78, 5) is 0. The number of allylic oxidation sites excluding steroid dienone is 1. The van der Waals surface area contributed by atoms with Crippen molar-refractivity contribution in [2.45, 2.75) is 12.8 Å². The summed E-state index contributed by atoms with van der Waals surface area (Å²) in [5.41, 5.74) is 1.41. The van der Waals surface area contributed by atoms with Crippen LogP contribution in [0.25, 0.3) is 0 Å². The van der Waals surface area contributed by atoms with Gasteiger partial charge in [-0.15, -0.1) is 6.58 Å². The number of hydrogen-bond donors (Lipinski definition) is 0. The summed E-state index contributed by atoms with van der Waals surface area (Å²) in [6.07, 6.45) is 4.35. The normalized spacial score (nSPS) is 12.4. The molecule has 1 atom stereocenters. The fraction of sp³-hybridized carbons (Fsp3) is 0.333. The lowest BCUT2D eigenvalue weighted by atomic mass is 10.0. The van der Waals surface area contributed by atoms with Gasteiger partial charge in [0.15, 0.2) is 0 Å². The lowest BCUT2D eigenvalue weighted by Gasteiger charge is -2.07. The minimum absolute atomic E-state index is 0.597. The van der Waals surface area contributed by atoms with Crippen LogP contribution in [0.15, 0.2) is 43.0 Å². The number of alkyl halides is 1. The van der Waals surface area contributed by atoms with Crippen LogP contribution < -0.4 is 0 Å².